The average molecular weight is 354 g/mol. The Hall–Kier alpha value is -1.89. The van der Waals surface area contributed by atoms with Crippen LogP contribution in [0.4, 0.5) is 5.00 Å². The van der Waals surface area contributed by atoms with Crippen molar-refractivity contribution in [2.75, 3.05) is 18.5 Å². The van der Waals surface area contributed by atoms with Gasteiger partial charge in [-0.15, -0.1) is 11.3 Å². The topological polar surface area (TPSA) is 84.5 Å². The first-order valence-corrected chi connectivity index (χ1v) is 8.68. The lowest BCUT2D eigenvalue weighted by atomic mass is 9.96. The first kappa shape index (κ1) is 20.2. The molecule has 6 nitrogen and oxygen atoms in total. The van der Waals surface area contributed by atoms with Gasteiger partial charge in [0.05, 0.1) is 5.00 Å². The van der Waals surface area contributed by atoms with E-state index in [4.69, 9.17) is 4.74 Å². The number of carbonyl (C=O) groups is 3. The molecule has 1 heterocycles. The van der Waals surface area contributed by atoms with Crippen LogP contribution in [0, 0.1) is 18.3 Å². The summed E-state index contributed by atoms with van der Waals surface area (Å²) in [5.74, 6) is -0.684. The number of anilines is 1. The number of esters is 1. The van der Waals surface area contributed by atoms with Crippen LogP contribution < -0.4 is 10.6 Å². The Morgan fingerprint density at radius 1 is 1.25 bits per heavy atom. The number of hydrogen-bond acceptors (Lipinski definition) is 5. The molecule has 1 aromatic rings. The minimum atomic E-state index is -0.562. The molecule has 0 spiro atoms. The lowest BCUT2D eigenvalue weighted by Gasteiger charge is -2.16. The number of rotatable bonds is 6. The van der Waals surface area contributed by atoms with Crippen LogP contribution in [0.3, 0.4) is 0 Å². The standard InChI is InChI=1S/C17H26N2O4S/c1-10(2)8-18-12(20)9-23-15(21)14-11(3)7-13(24-14)19-16(22)17(4,5)6/h7,10H,8-9H2,1-6H3,(H,18,20)(H,19,22). The van der Waals surface area contributed by atoms with Crippen LogP contribution in [-0.2, 0) is 14.3 Å². The number of nitrogens with one attached hydrogen (secondary N) is 2. The monoisotopic (exact) mass is 354 g/mol. The third-order valence-electron chi connectivity index (χ3n) is 3.06. The predicted molar refractivity (Wildman–Crippen MR) is 95.3 cm³/mol. The second-order valence-corrected chi connectivity index (χ2v) is 8.15. The Morgan fingerprint density at radius 2 is 1.88 bits per heavy atom. The fourth-order valence-corrected chi connectivity index (χ4v) is 2.57. The number of carbonyl (C=O) groups excluding carboxylic acids is 3. The van der Waals surface area contributed by atoms with Crippen molar-refractivity contribution >= 4 is 34.1 Å². The van der Waals surface area contributed by atoms with E-state index in [2.05, 4.69) is 10.6 Å². The van der Waals surface area contributed by atoms with Gasteiger partial charge in [-0.3, -0.25) is 9.59 Å². The maximum atomic E-state index is 12.1. The maximum Gasteiger partial charge on any atom is 0.349 e. The van der Waals surface area contributed by atoms with Crippen molar-refractivity contribution in [1.29, 1.82) is 0 Å². The Kier molecular flexibility index (Phi) is 6.95. The number of amides is 2. The van der Waals surface area contributed by atoms with Crippen molar-refractivity contribution < 1.29 is 19.1 Å². The van der Waals surface area contributed by atoms with Crippen LogP contribution >= 0.6 is 11.3 Å². The van der Waals surface area contributed by atoms with Crippen molar-refractivity contribution in [1.82, 2.24) is 5.32 Å². The highest BCUT2D eigenvalue weighted by Gasteiger charge is 2.23. The summed E-state index contributed by atoms with van der Waals surface area (Å²) < 4.78 is 5.04. The van der Waals surface area contributed by atoms with Gasteiger partial charge in [-0.2, -0.15) is 0 Å². The molecule has 0 aliphatic carbocycles. The zero-order valence-corrected chi connectivity index (χ0v) is 15.9. The maximum absolute atomic E-state index is 12.1. The molecule has 0 fully saturated rings. The van der Waals surface area contributed by atoms with E-state index in [1.165, 1.54) is 0 Å². The molecule has 2 N–H and O–H groups in total. The molecule has 0 bridgehead atoms. The molecule has 134 valence electrons. The number of thiophene rings is 1. The van der Waals surface area contributed by atoms with Crippen molar-refractivity contribution in [3.8, 4) is 0 Å². The molecule has 0 aliphatic rings. The molecule has 0 aromatic carbocycles. The molecule has 0 radical (unpaired) electrons. The van der Waals surface area contributed by atoms with Crippen LogP contribution in [0.25, 0.3) is 0 Å². The van der Waals surface area contributed by atoms with Crippen molar-refractivity contribution in [3.05, 3.63) is 16.5 Å². The molecule has 0 atom stereocenters. The van der Waals surface area contributed by atoms with Crippen molar-refractivity contribution in [3.63, 3.8) is 0 Å². The first-order chi connectivity index (χ1) is 11.0. The normalized spacial score (nSPS) is 11.3. The molecule has 24 heavy (non-hydrogen) atoms. The number of ether oxygens (including phenoxy) is 1. The van der Waals surface area contributed by atoms with E-state index in [-0.39, 0.29) is 18.4 Å². The quantitative estimate of drug-likeness (QED) is 0.769. The minimum absolute atomic E-state index is 0.128. The van der Waals surface area contributed by atoms with Gasteiger partial charge in [-0.1, -0.05) is 34.6 Å². The summed E-state index contributed by atoms with van der Waals surface area (Å²) >= 11 is 1.14. The molecule has 0 unspecified atom stereocenters. The SMILES string of the molecule is Cc1cc(NC(=O)C(C)(C)C)sc1C(=O)OCC(=O)NCC(C)C. The largest absolute Gasteiger partial charge is 0.451 e. The van der Waals surface area contributed by atoms with E-state index in [9.17, 15) is 14.4 Å². The fraction of sp³-hybridized carbons (Fsp3) is 0.588. The first-order valence-electron chi connectivity index (χ1n) is 7.86. The summed E-state index contributed by atoms with van der Waals surface area (Å²) in [7, 11) is 0. The zero-order chi connectivity index (χ0) is 18.5. The van der Waals surface area contributed by atoms with Gasteiger partial charge in [0.25, 0.3) is 5.91 Å². The van der Waals surface area contributed by atoms with Gasteiger partial charge in [-0.05, 0) is 24.5 Å². The van der Waals surface area contributed by atoms with Crippen LogP contribution in [-0.4, -0.2) is 30.9 Å². The summed E-state index contributed by atoms with van der Waals surface area (Å²) in [5, 5.41) is 6.06. The molecule has 7 heteroatoms. The molecule has 2 amide bonds. The predicted octanol–water partition coefficient (Wildman–Crippen LogP) is 2.97. The second-order valence-electron chi connectivity index (χ2n) is 7.10. The van der Waals surface area contributed by atoms with Gasteiger partial charge in [0.2, 0.25) is 5.91 Å². The summed E-state index contributed by atoms with van der Waals surface area (Å²) in [6, 6.07) is 1.73. The van der Waals surface area contributed by atoms with E-state index in [0.29, 0.717) is 27.9 Å². The molecular formula is C17H26N2O4S. The van der Waals surface area contributed by atoms with Gasteiger partial charge in [0.1, 0.15) is 4.88 Å². The van der Waals surface area contributed by atoms with Crippen LogP contribution in [0.2, 0.25) is 0 Å². The highest BCUT2D eigenvalue weighted by molar-refractivity contribution is 7.18. The highest BCUT2D eigenvalue weighted by atomic mass is 32.1. The zero-order valence-electron chi connectivity index (χ0n) is 15.1. The van der Waals surface area contributed by atoms with Gasteiger partial charge < -0.3 is 15.4 Å². The average Bonchev–Trinajstić information content (AvgIpc) is 2.82. The molecule has 0 aliphatic heterocycles. The summed E-state index contributed by atoms with van der Waals surface area (Å²) in [6.07, 6.45) is 0. The van der Waals surface area contributed by atoms with Crippen molar-refractivity contribution in [2.24, 2.45) is 11.3 Å². The van der Waals surface area contributed by atoms with Crippen LogP contribution in [0.15, 0.2) is 6.07 Å². The van der Waals surface area contributed by atoms with Crippen LogP contribution in [0.1, 0.15) is 49.9 Å². The van der Waals surface area contributed by atoms with Crippen molar-refractivity contribution in [2.45, 2.75) is 41.5 Å². The molecular weight excluding hydrogens is 328 g/mol. The van der Waals surface area contributed by atoms with Gasteiger partial charge in [0, 0.05) is 12.0 Å². The van der Waals surface area contributed by atoms with E-state index < -0.39 is 11.4 Å². The summed E-state index contributed by atoms with van der Waals surface area (Å²) in [6.45, 7) is 11.4. The smallest absolute Gasteiger partial charge is 0.349 e. The fourth-order valence-electron chi connectivity index (χ4n) is 1.61. The Bertz CT molecular complexity index is 615. The second kappa shape index (κ2) is 8.28. The van der Waals surface area contributed by atoms with E-state index in [1.54, 1.807) is 13.0 Å². The third kappa shape index (κ3) is 6.31. The highest BCUT2D eigenvalue weighted by Crippen LogP contribution is 2.28. The Balaban J connectivity index is 2.62. The van der Waals surface area contributed by atoms with Gasteiger partial charge in [-0.25, -0.2) is 4.79 Å². The number of aryl methyl sites for hydroxylation is 1. The Labute approximate surface area is 147 Å². The third-order valence-corrected chi connectivity index (χ3v) is 4.20. The molecule has 1 aromatic heterocycles. The van der Waals surface area contributed by atoms with Crippen LogP contribution in [0.5, 0.6) is 0 Å². The molecule has 0 saturated heterocycles. The van der Waals surface area contributed by atoms with E-state index in [1.807, 2.05) is 34.6 Å². The minimum Gasteiger partial charge on any atom is -0.451 e. The summed E-state index contributed by atoms with van der Waals surface area (Å²) in [5.41, 5.74) is 0.185. The van der Waals surface area contributed by atoms with Gasteiger partial charge >= 0.3 is 5.97 Å². The lowest BCUT2D eigenvalue weighted by Crippen LogP contribution is -2.31. The van der Waals surface area contributed by atoms with E-state index >= 15 is 0 Å². The van der Waals surface area contributed by atoms with E-state index in [0.717, 1.165) is 11.3 Å². The number of hydrogen-bond donors (Lipinski definition) is 2. The summed E-state index contributed by atoms with van der Waals surface area (Å²) in [4.78, 5) is 36.1. The molecule has 1 rings (SSSR count). The Morgan fingerprint density at radius 3 is 2.42 bits per heavy atom. The van der Waals surface area contributed by atoms with Gasteiger partial charge in [0.15, 0.2) is 6.61 Å². The molecule has 0 saturated carbocycles. The lowest BCUT2D eigenvalue weighted by molar-refractivity contribution is -0.124.